The molecule has 8 nitrogen and oxygen atoms in total. The maximum Gasteiger partial charge on any atom is 0.341 e. The number of carbonyl (C=O) groups is 2. The molecule has 2 aromatic heterocycles. The molecular formula is C21H21N3O5. The highest BCUT2D eigenvalue weighted by Gasteiger charge is 2.17. The molecule has 0 aliphatic rings. The number of methoxy groups -OCH3 is 2. The third kappa shape index (κ3) is 4.67. The molecule has 0 N–H and O–H groups in total. The van der Waals surface area contributed by atoms with Crippen LogP contribution in [0.5, 0.6) is 0 Å². The van der Waals surface area contributed by atoms with Gasteiger partial charge >= 0.3 is 5.97 Å². The third-order valence-corrected chi connectivity index (χ3v) is 4.42. The van der Waals surface area contributed by atoms with Crippen molar-refractivity contribution in [2.75, 3.05) is 14.2 Å². The fourth-order valence-corrected chi connectivity index (χ4v) is 2.97. The maximum atomic E-state index is 12.2. The van der Waals surface area contributed by atoms with Crippen molar-refractivity contribution >= 4 is 12.3 Å². The lowest BCUT2D eigenvalue weighted by atomic mass is 10.1. The first kappa shape index (κ1) is 20.2. The zero-order valence-electron chi connectivity index (χ0n) is 16.2. The van der Waals surface area contributed by atoms with Gasteiger partial charge in [-0.1, -0.05) is 24.3 Å². The van der Waals surface area contributed by atoms with Crippen molar-refractivity contribution < 1.29 is 19.1 Å². The average Bonchev–Trinajstić information content (AvgIpc) is 3.13. The number of carbonyl (C=O) groups excluding carboxylic acids is 2. The SMILES string of the molecule is COCc1nn(Cc2ccc(Cn3cccc(C=O)c3=O)cc2)cc1C(=O)OC. The minimum atomic E-state index is -0.457. The molecule has 0 aliphatic heterocycles. The molecule has 0 saturated heterocycles. The molecule has 0 atom stereocenters. The van der Waals surface area contributed by atoms with Crippen LogP contribution in [0, 0.1) is 0 Å². The van der Waals surface area contributed by atoms with Crippen molar-refractivity contribution in [1.82, 2.24) is 14.3 Å². The van der Waals surface area contributed by atoms with E-state index in [2.05, 4.69) is 5.10 Å². The number of nitrogens with zero attached hydrogens (tertiary/aromatic N) is 3. The lowest BCUT2D eigenvalue weighted by molar-refractivity contribution is 0.0595. The molecule has 29 heavy (non-hydrogen) atoms. The molecule has 3 aromatic rings. The molecule has 0 spiro atoms. The number of aldehydes is 1. The molecular weight excluding hydrogens is 374 g/mol. The van der Waals surface area contributed by atoms with Gasteiger partial charge in [0.25, 0.3) is 5.56 Å². The van der Waals surface area contributed by atoms with Crippen LogP contribution < -0.4 is 5.56 Å². The molecule has 1 aromatic carbocycles. The summed E-state index contributed by atoms with van der Waals surface area (Å²) >= 11 is 0. The standard InChI is InChI=1S/C21H21N3O5/c1-28-14-19-18(21(27)29-2)12-24(22-19)11-16-7-5-15(6-8-16)10-23-9-3-4-17(13-25)20(23)26/h3-9,12-13H,10-11,14H2,1-2H3. The number of hydrogen-bond donors (Lipinski definition) is 0. The Morgan fingerprint density at radius 2 is 1.79 bits per heavy atom. The average molecular weight is 395 g/mol. The predicted molar refractivity (Wildman–Crippen MR) is 105 cm³/mol. The van der Waals surface area contributed by atoms with E-state index in [1.54, 1.807) is 23.1 Å². The van der Waals surface area contributed by atoms with E-state index in [1.165, 1.54) is 24.9 Å². The first-order valence-electron chi connectivity index (χ1n) is 8.91. The van der Waals surface area contributed by atoms with Gasteiger partial charge in [-0.3, -0.25) is 14.3 Å². The number of esters is 1. The maximum absolute atomic E-state index is 12.2. The summed E-state index contributed by atoms with van der Waals surface area (Å²) in [5.41, 5.74) is 2.62. The zero-order chi connectivity index (χ0) is 20.8. The summed E-state index contributed by atoms with van der Waals surface area (Å²) in [5.74, 6) is -0.457. The Morgan fingerprint density at radius 1 is 1.10 bits per heavy atom. The highest BCUT2D eigenvalue weighted by molar-refractivity contribution is 5.90. The Bertz CT molecular complexity index is 1070. The molecule has 0 amide bonds. The predicted octanol–water partition coefficient (Wildman–Crippen LogP) is 1.89. The summed E-state index contributed by atoms with van der Waals surface area (Å²) in [6.07, 6.45) is 3.85. The molecule has 8 heteroatoms. The largest absolute Gasteiger partial charge is 0.465 e. The quantitative estimate of drug-likeness (QED) is 0.427. The van der Waals surface area contributed by atoms with Crippen molar-refractivity contribution in [2.24, 2.45) is 0 Å². The van der Waals surface area contributed by atoms with Gasteiger partial charge in [-0.25, -0.2) is 4.79 Å². The fraction of sp³-hybridized carbons (Fsp3) is 0.238. The van der Waals surface area contributed by atoms with Gasteiger partial charge in [0, 0.05) is 19.5 Å². The second kappa shape index (κ2) is 9.11. The molecule has 0 bridgehead atoms. The minimum Gasteiger partial charge on any atom is -0.465 e. The normalized spacial score (nSPS) is 10.7. The summed E-state index contributed by atoms with van der Waals surface area (Å²) in [5, 5.41) is 4.40. The van der Waals surface area contributed by atoms with Gasteiger partial charge < -0.3 is 14.0 Å². The molecule has 0 radical (unpaired) electrons. The monoisotopic (exact) mass is 395 g/mol. The van der Waals surface area contributed by atoms with Crippen LogP contribution in [0.3, 0.4) is 0 Å². The Balaban J connectivity index is 1.75. The first-order valence-corrected chi connectivity index (χ1v) is 8.91. The van der Waals surface area contributed by atoms with Crippen LogP contribution in [-0.4, -0.2) is 40.8 Å². The van der Waals surface area contributed by atoms with Gasteiger partial charge in [0.05, 0.1) is 32.4 Å². The molecule has 2 heterocycles. The van der Waals surface area contributed by atoms with Crippen LogP contribution in [-0.2, 0) is 29.2 Å². The van der Waals surface area contributed by atoms with E-state index >= 15 is 0 Å². The number of ether oxygens (including phenoxy) is 2. The fourth-order valence-electron chi connectivity index (χ4n) is 2.97. The molecule has 3 rings (SSSR count). The topological polar surface area (TPSA) is 92.4 Å². The van der Waals surface area contributed by atoms with Crippen LogP contribution in [0.1, 0.15) is 37.5 Å². The Hall–Kier alpha value is -3.52. The molecule has 0 aliphatic carbocycles. The van der Waals surface area contributed by atoms with Crippen molar-refractivity contribution in [2.45, 2.75) is 19.7 Å². The number of aromatic nitrogens is 3. The van der Waals surface area contributed by atoms with Crippen molar-refractivity contribution in [1.29, 1.82) is 0 Å². The summed E-state index contributed by atoms with van der Waals surface area (Å²) in [6, 6.07) is 10.9. The van der Waals surface area contributed by atoms with Gasteiger partial charge in [0.2, 0.25) is 0 Å². The first-order chi connectivity index (χ1) is 14.0. The van der Waals surface area contributed by atoms with Gasteiger partial charge in [-0.15, -0.1) is 0 Å². The Labute approximate surface area is 167 Å². The number of benzene rings is 1. The summed E-state index contributed by atoms with van der Waals surface area (Å²) in [6.45, 7) is 1.05. The second-order valence-electron chi connectivity index (χ2n) is 6.44. The van der Waals surface area contributed by atoms with E-state index in [1.807, 2.05) is 24.3 Å². The van der Waals surface area contributed by atoms with E-state index in [4.69, 9.17) is 9.47 Å². The number of rotatable bonds is 8. The van der Waals surface area contributed by atoms with Gasteiger partial charge in [0.1, 0.15) is 11.3 Å². The number of pyridine rings is 1. The summed E-state index contributed by atoms with van der Waals surface area (Å²) < 4.78 is 13.0. The van der Waals surface area contributed by atoms with E-state index < -0.39 is 5.97 Å². The van der Waals surface area contributed by atoms with Crippen LogP contribution in [0.25, 0.3) is 0 Å². The van der Waals surface area contributed by atoms with Crippen molar-refractivity contribution in [3.63, 3.8) is 0 Å². The van der Waals surface area contributed by atoms with Crippen LogP contribution in [0.2, 0.25) is 0 Å². The zero-order valence-corrected chi connectivity index (χ0v) is 16.2. The number of hydrogen-bond acceptors (Lipinski definition) is 6. The van der Waals surface area contributed by atoms with Gasteiger partial charge in [0.15, 0.2) is 6.29 Å². The molecule has 0 unspecified atom stereocenters. The summed E-state index contributed by atoms with van der Waals surface area (Å²) in [4.78, 5) is 35.0. The smallest absolute Gasteiger partial charge is 0.341 e. The van der Waals surface area contributed by atoms with Crippen LogP contribution in [0.15, 0.2) is 53.6 Å². The Morgan fingerprint density at radius 3 is 2.41 bits per heavy atom. The molecule has 150 valence electrons. The van der Waals surface area contributed by atoms with E-state index in [9.17, 15) is 14.4 Å². The molecule has 0 fully saturated rings. The Kier molecular flexibility index (Phi) is 6.36. The lowest BCUT2D eigenvalue weighted by Gasteiger charge is -2.08. The lowest BCUT2D eigenvalue weighted by Crippen LogP contribution is -2.23. The van der Waals surface area contributed by atoms with Gasteiger partial charge in [-0.2, -0.15) is 5.10 Å². The van der Waals surface area contributed by atoms with Gasteiger partial charge in [-0.05, 0) is 23.3 Å². The van der Waals surface area contributed by atoms with E-state index in [0.717, 1.165) is 11.1 Å². The second-order valence-corrected chi connectivity index (χ2v) is 6.44. The van der Waals surface area contributed by atoms with E-state index in [0.29, 0.717) is 30.6 Å². The van der Waals surface area contributed by atoms with Crippen LogP contribution >= 0.6 is 0 Å². The summed E-state index contributed by atoms with van der Waals surface area (Å²) in [7, 11) is 2.86. The highest BCUT2D eigenvalue weighted by atomic mass is 16.5. The van der Waals surface area contributed by atoms with Crippen molar-refractivity contribution in [3.8, 4) is 0 Å². The van der Waals surface area contributed by atoms with Crippen molar-refractivity contribution in [3.05, 3.63) is 87.1 Å². The van der Waals surface area contributed by atoms with E-state index in [-0.39, 0.29) is 17.7 Å². The third-order valence-electron chi connectivity index (χ3n) is 4.42. The molecule has 0 saturated carbocycles. The minimum absolute atomic E-state index is 0.135. The van der Waals surface area contributed by atoms with Crippen LogP contribution in [0.4, 0.5) is 0 Å². The highest BCUT2D eigenvalue weighted by Crippen LogP contribution is 2.13.